The molecule has 2 N–H and O–H groups in total. The molecule has 6 nitrogen and oxygen atoms in total. The van der Waals surface area contributed by atoms with Crippen molar-refractivity contribution in [3.05, 3.63) is 23.3 Å². The number of hydrogen-bond acceptors (Lipinski definition) is 6. The summed E-state index contributed by atoms with van der Waals surface area (Å²) in [7, 11) is 0. The first kappa shape index (κ1) is 15.6. The molecule has 0 heterocycles. The fourth-order valence-electron chi connectivity index (χ4n) is 1.67. The minimum atomic E-state index is -0.660. The quantitative estimate of drug-likeness (QED) is 0.601. The van der Waals surface area contributed by atoms with Gasteiger partial charge in [-0.05, 0) is 19.9 Å². The summed E-state index contributed by atoms with van der Waals surface area (Å²) in [4.78, 5) is 45.3. The lowest BCUT2D eigenvalue weighted by Gasteiger charge is -2.08. The SMILES string of the molecule is CC(=O)CC(=O)c1cc(C(=O)CC(C)=O)c(O)cc1O. The first-order valence-electron chi connectivity index (χ1n) is 5.83. The second-order valence-corrected chi connectivity index (χ2v) is 4.49. The van der Waals surface area contributed by atoms with Crippen LogP contribution in [-0.2, 0) is 9.59 Å². The smallest absolute Gasteiger partial charge is 0.173 e. The molecule has 0 aliphatic carbocycles. The fraction of sp³-hybridized carbons (Fsp3) is 0.286. The Morgan fingerprint density at radius 3 is 1.45 bits per heavy atom. The average molecular weight is 278 g/mol. The van der Waals surface area contributed by atoms with Gasteiger partial charge in [0.25, 0.3) is 0 Å². The summed E-state index contributed by atoms with van der Waals surface area (Å²) in [6.07, 6.45) is -0.836. The summed E-state index contributed by atoms with van der Waals surface area (Å²) in [6.45, 7) is 2.44. The second kappa shape index (κ2) is 6.10. The van der Waals surface area contributed by atoms with Gasteiger partial charge in [-0.15, -0.1) is 0 Å². The first-order chi connectivity index (χ1) is 9.22. The maximum absolute atomic E-state index is 11.7. The van der Waals surface area contributed by atoms with E-state index < -0.39 is 35.9 Å². The number of carbonyl (C=O) groups excluding carboxylic acids is 4. The summed E-state index contributed by atoms with van der Waals surface area (Å²) in [5.74, 6) is -3.14. The topological polar surface area (TPSA) is 109 Å². The lowest BCUT2D eigenvalue weighted by molar-refractivity contribution is -0.117. The number of aromatic hydroxyl groups is 2. The zero-order valence-electron chi connectivity index (χ0n) is 11.1. The Bertz CT molecular complexity index is 551. The molecule has 1 aromatic rings. The number of phenolic OH excluding ortho intramolecular Hbond substituents is 2. The zero-order valence-corrected chi connectivity index (χ0v) is 11.1. The summed E-state index contributed by atoms with van der Waals surface area (Å²) in [5.41, 5.74) is -0.463. The minimum Gasteiger partial charge on any atom is -0.507 e. The number of rotatable bonds is 6. The van der Waals surface area contributed by atoms with Crippen molar-refractivity contribution in [1.29, 1.82) is 0 Å². The standard InChI is InChI=1S/C14H14O6/c1-7(15)3-11(17)9-5-10(12(18)4-8(2)16)14(20)6-13(9)19/h5-6,19-20H,3-4H2,1-2H3. The van der Waals surface area contributed by atoms with Crippen molar-refractivity contribution in [3.63, 3.8) is 0 Å². The molecule has 6 heteroatoms. The Balaban J connectivity index is 3.22. The predicted molar refractivity (Wildman–Crippen MR) is 69.0 cm³/mol. The fourth-order valence-corrected chi connectivity index (χ4v) is 1.67. The number of phenols is 2. The molecule has 0 amide bonds. The molecule has 0 atom stereocenters. The summed E-state index contributed by atoms with van der Waals surface area (Å²) in [5, 5.41) is 19.2. The molecule has 20 heavy (non-hydrogen) atoms. The van der Waals surface area contributed by atoms with Gasteiger partial charge in [-0.2, -0.15) is 0 Å². The van der Waals surface area contributed by atoms with Crippen LogP contribution in [-0.4, -0.2) is 33.3 Å². The van der Waals surface area contributed by atoms with Crippen molar-refractivity contribution in [3.8, 4) is 11.5 Å². The minimum absolute atomic E-state index is 0.232. The third-order valence-corrected chi connectivity index (χ3v) is 2.53. The molecule has 0 aromatic heterocycles. The van der Waals surface area contributed by atoms with Crippen molar-refractivity contribution >= 4 is 23.1 Å². The lowest BCUT2D eigenvalue weighted by atomic mass is 9.98. The van der Waals surface area contributed by atoms with Crippen molar-refractivity contribution in [2.24, 2.45) is 0 Å². The van der Waals surface area contributed by atoms with Crippen LogP contribution >= 0.6 is 0 Å². The van der Waals surface area contributed by atoms with E-state index in [4.69, 9.17) is 0 Å². The third kappa shape index (κ3) is 3.74. The van der Waals surface area contributed by atoms with Crippen molar-refractivity contribution < 1.29 is 29.4 Å². The molecule has 0 bridgehead atoms. The largest absolute Gasteiger partial charge is 0.507 e. The monoisotopic (exact) mass is 278 g/mol. The van der Waals surface area contributed by atoms with Gasteiger partial charge in [0, 0.05) is 6.07 Å². The molecule has 0 unspecified atom stereocenters. The van der Waals surface area contributed by atoms with Crippen molar-refractivity contribution in [2.75, 3.05) is 0 Å². The van der Waals surface area contributed by atoms with Crippen LogP contribution in [0, 0.1) is 0 Å². The van der Waals surface area contributed by atoms with E-state index in [1.807, 2.05) is 0 Å². The first-order valence-corrected chi connectivity index (χ1v) is 5.83. The summed E-state index contributed by atoms with van der Waals surface area (Å²) < 4.78 is 0. The molecule has 0 fully saturated rings. The van der Waals surface area contributed by atoms with Crippen LogP contribution in [0.1, 0.15) is 47.4 Å². The van der Waals surface area contributed by atoms with Crippen LogP contribution in [0.15, 0.2) is 12.1 Å². The van der Waals surface area contributed by atoms with Crippen molar-refractivity contribution in [1.82, 2.24) is 0 Å². The number of hydrogen-bond donors (Lipinski definition) is 2. The molecule has 106 valence electrons. The van der Waals surface area contributed by atoms with Gasteiger partial charge in [0.1, 0.15) is 23.1 Å². The Morgan fingerprint density at radius 1 is 0.800 bits per heavy atom. The van der Waals surface area contributed by atoms with E-state index in [2.05, 4.69) is 0 Å². The molecule has 0 spiro atoms. The molecular formula is C14H14O6. The average Bonchev–Trinajstić information content (AvgIpc) is 2.26. The molecule has 0 saturated heterocycles. The molecule has 1 rings (SSSR count). The number of carbonyl (C=O) groups is 4. The van der Waals surface area contributed by atoms with Gasteiger partial charge >= 0.3 is 0 Å². The van der Waals surface area contributed by atoms with Crippen molar-refractivity contribution in [2.45, 2.75) is 26.7 Å². The van der Waals surface area contributed by atoms with Crippen LogP contribution in [0.3, 0.4) is 0 Å². The highest BCUT2D eigenvalue weighted by Gasteiger charge is 2.20. The molecule has 0 saturated carbocycles. The highest BCUT2D eigenvalue weighted by Crippen LogP contribution is 2.29. The maximum Gasteiger partial charge on any atom is 0.173 e. The zero-order chi connectivity index (χ0) is 15.4. The third-order valence-electron chi connectivity index (χ3n) is 2.53. The van der Waals surface area contributed by atoms with Crippen LogP contribution in [0.4, 0.5) is 0 Å². The molecular weight excluding hydrogens is 264 g/mol. The van der Waals surface area contributed by atoms with E-state index in [1.165, 1.54) is 13.8 Å². The van der Waals surface area contributed by atoms with E-state index in [1.54, 1.807) is 0 Å². The van der Waals surface area contributed by atoms with Crippen LogP contribution in [0.25, 0.3) is 0 Å². The number of benzene rings is 1. The lowest BCUT2D eigenvalue weighted by Crippen LogP contribution is -2.09. The van der Waals surface area contributed by atoms with Gasteiger partial charge in [-0.1, -0.05) is 0 Å². The van der Waals surface area contributed by atoms with Crippen LogP contribution < -0.4 is 0 Å². The Labute approximate surface area is 115 Å². The Morgan fingerprint density at radius 2 is 1.15 bits per heavy atom. The number of ketones is 4. The Kier molecular flexibility index (Phi) is 4.74. The van der Waals surface area contributed by atoms with Gasteiger partial charge in [0.15, 0.2) is 11.6 Å². The molecule has 0 radical (unpaired) electrons. The predicted octanol–water partition coefficient (Wildman–Crippen LogP) is 1.42. The van der Waals surface area contributed by atoms with E-state index >= 15 is 0 Å². The van der Waals surface area contributed by atoms with Crippen LogP contribution in [0.5, 0.6) is 11.5 Å². The van der Waals surface area contributed by atoms with Gasteiger partial charge in [0.05, 0.1) is 24.0 Å². The summed E-state index contributed by atoms with van der Waals surface area (Å²) >= 11 is 0. The normalized spacial score (nSPS) is 10.1. The van der Waals surface area contributed by atoms with E-state index in [0.29, 0.717) is 0 Å². The highest BCUT2D eigenvalue weighted by molar-refractivity contribution is 6.13. The van der Waals surface area contributed by atoms with E-state index in [9.17, 15) is 29.4 Å². The maximum atomic E-state index is 11.7. The molecule has 0 aliphatic rings. The van der Waals surface area contributed by atoms with Gasteiger partial charge < -0.3 is 10.2 Å². The van der Waals surface area contributed by atoms with Crippen LogP contribution in [0.2, 0.25) is 0 Å². The second-order valence-electron chi connectivity index (χ2n) is 4.49. The molecule has 0 aliphatic heterocycles. The summed E-state index contributed by atoms with van der Waals surface area (Å²) in [6, 6.07) is 1.85. The highest BCUT2D eigenvalue weighted by atomic mass is 16.3. The number of Topliss-reactive ketones (excluding diaryl/α,β-unsaturated/α-hetero) is 4. The van der Waals surface area contributed by atoms with E-state index in [-0.39, 0.29) is 22.7 Å². The Hall–Kier alpha value is -2.50. The van der Waals surface area contributed by atoms with Gasteiger partial charge in [0.2, 0.25) is 0 Å². The van der Waals surface area contributed by atoms with Gasteiger partial charge in [-0.25, -0.2) is 0 Å². The molecule has 1 aromatic carbocycles. The van der Waals surface area contributed by atoms with E-state index in [0.717, 1.165) is 12.1 Å². The van der Waals surface area contributed by atoms with Gasteiger partial charge in [-0.3, -0.25) is 19.2 Å².